The number of hydrogen-bond acceptors (Lipinski definition) is 0. The zero-order valence-electron chi connectivity index (χ0n) is 6.44. The highest BCUT2D eigenvalue weighted by atomic mass is 31.0. The van der Waals surface area contributed by atoms with Crippen molar-refractivity contribution in [1.29, 1.82) is 0 Å². The summed E-state index contributed by atoms with van der Waals surface area (Å²) in [6.45, 7) is 1.65. The molecule has 0 spiro atoms. The predicted molar refractivity (Wildman–Crippen MR) is 45.5 cm³/mol. The molecule has 4 heteroatoms. The van der Waals surface area contributed by atoms with Crippen LogP contribution in [-0.2, 0) is 6.18 Å². The van der Waals surface area contributed by atoms with Crippen molar-refractivity contribution in [3.8, 4) is 0 Å². The molecule has 0 N–H and O–H groups in total. The standard InChI is InChI=1S/C8H8F3P/c1-5-4-6(8(9,10)11)2-3-7(5)12/h2-4H,12H2,1H3. The minimum absolute atomic E-state index is 0.591. The van der Waals surface area contributed by atoms with Crippen LogP contribution in [0.5, 0.6) is 0 Å². The third-order valence-electron chi connectivity index (χ3n) is 1.60. The molecule has 0 aliphatic heterocycles. The van der Waals surface area contributed by atoms with Crippen LogP contribution in [0.1, 0.15) is 11.1 Å². The van der Waals surface area contributed by atoms with Crippen molar-refractivity contribution in [2.75, 3.05) is 0 Å². The van der Waals surface area contributed by atoms with Crippen molar-refractivity contribution < 1.29 is 13.2 Å². The molecule has 0 saturated carbocycles. The third-order valence-corrected chi connectivity index (χ3v) is 2.24. The Kier molecular flexibility index (Phi) is 2.43. The van der Waals surface area contributed by atoms with Crippen molar-refractivity contribution in [3.05, 3.63) is 29.3 Å². The number of halogens is 3. The van der Waals surface area contributed by atoms with Gasteiger partial charge in [-0.2, -0.15) is 13.2 Å². The maximum Gasteiger partial charge on any atom is 0.416 e. The van der Waals surface area contributed by atoms with Crippen molar-refractivity contribution in [3.63, 3.8) is 0 Å². The SMILES string of the molecule is Cc1cc(C(F)(F)F)ccc1P. The van der Waals surface area contributed by atoms with Gasteiger partial charge < -0.3 is 0 Å². The van der Waals surface area contributed by atoms with E-state index in [0.717, 1.165) is 17.4 Å². The van der Waals surface area contributed by atoms with E-state index >= 15 is 0 Å². The minimum Gasteiger partial charge on any atom is -0.166 e. The summed E-state index contributed by atoms with van der Waals surface area (Å²) in [7, 11) is 2.38. The molecule has 0 bridgehead atoms. The van der Waals surface area contributed by atoms with Crippen LogP contribution in [0.4, 0.5) is 13.2 Å². The Labute approximate surface area is 71.0 Å². The molecule has 0 heterocycles. The van der Waals surface area contributed by atoms with Gasteiger partial charge in [-0.15, -0.1) is 9.24 Å². The molecule has 1 rings (SSSR count). The number of rotatable bonds is 0. The van der Waals surface area contributed by atoms with Crippen LogP contribution in [0.25, 0.3) is 0 Å². The third kappa shape index (κ3) is 1.98. The van der Waals surface area contributed by atoms with Crippen LogP contribution < -0.4 is 5.30 Å². The Morgan fingerprint density at radius 3 is 2.25 bits per heavy atom. The van der Waals surface area contributed by atoms with E-state index in [9.17, 15) is 13.2 Å². The van der Waals surface area contributed by atoms with Crippen LogP contribution in [0, 0.1) is 6.92 Å². The molecule has 1 atom stereocenters. The summed E-state index contributed by atoms with van der Waals surface area (Å²) in [4.78, 5) is 0. The minimum atomic E-state index is -4.23. The molecule has 0 amide bonds. The first-order valence-corrected chi connectivity index (χ1v) is 3.92. The van der Waals surface area contributed by atoms with Gasteiger partial charge in [-0.25, -0.2) is 0 Å². The monoisotopic (exact) mass is 192 g/mol. The van der Waals surface area contributed by atoms with Gasteiger partial charge in [0.2, 0.25) is 0 Å². The van der Waals surface area contributed by atoms with E-state index in [0.29, 0.717) is 5.56 Å². The molecular formula is C8H8F3P. The second kappa shape index (κ2) is 3.06. The first kappa shape index (κ1) is 9.53. The van der Waals surface area contributed by atoms with E-state index in [1.807, 2.05) is 0 Å². The van der Waals surface area contributed by atoms with Crippen molar-refractivity contribution in [1.82, 2.24) is 0 Å². The van der Waals surface area contributed by atoms with Gasteiger partial charge in [-0.3, -0.25) is 0 Å². The van der Waals surface area contributed by atoms with E-state index in [2.05, 4.69) is 9.24 Å². The zero-order chi connectivity index (χ0) is 9.35. The molecule has 0 aromatic heterocycles. The fourth-order valence-electron chi connectivity index (χ4n) is 0.852. The summed E-state index contributed by atoms with van der Waals surface area (Å²) in [5.74, 6) is 0. The fraction of sp³-hybridized carbons (Fsp3) is 0.250. The molecule has 0 aliphatic rings. The number of alkyl halides is 3. The molecule has 1 unspecified atom stereocenters. The summed E-state index contributed by atoms with van der Waals surface area (Å²) in [5, 5.41) is 0.794. The fourth-order valence-corrected chi connectivity index (χ4v) is 1.03. The first-order valence-electron chi connectivity index (χ1n) is 3.34. The average molecular weight is 192 g/mol. The van der Waals surface area contributed by atoms with Gasteiger partial charge in [0.1, 0.15) is 0 Å². The van der Waals surface area contributed by atoms with E-state index in [-0.39, 0.29) is 0 Å². The molecule has 66 valence electrons. The largest absolute Gasteiger partial charge is 0.416 e. The smallest absolute Gasteiger partial charge is 0.166 e. The van der Waals surface area contributed by atoms with Crippen LogP contribution in [0.15, 0.2) is 18.2 Å². The van der Waals surface area contributed by atoms with Gasteiger partial charge in [-0.1, -0.05) is 6.07 Å². The van der Waals surface area contributed by atoms with Crippen LogP contribution >= 0.6 is 9.24 Å². The second-order valence-corrected chi connectivity index (χ2v) is 3.19. The van der Waals surface area contributed by atoms with E-state index in [1.165, 1.54) is 6.07 Å². The molecule has 0 fully saturated rings. The number of benzene rings is 1. The van der Waals surface area contributed by atoms with Gasteiger partial charge in [-0.05, 0) is 29.9 Å². The van der Waals surface area contributed by atoms with Crippen LogP contribution in [0.3, 0.4) is 0 Å². The Morgan fingerprint density at radius 1 is 1.25 bits per heavy atom. The summed E-state index contributed by atoms with van der Waals surface area (Å²) in [6.07, 6.45) is -4.23. The lowest BCUT2D eigenvalue weighted by Gasteiger charge is -2.08. The highest BCUT2D eigenvalue weighted by molar-refractivity contribution is 7.27. The average Bonchev–Trinajstić information content (AvgIpc) is 1.92. The highest BCUT2D eigenvalue weighted by Crippen LogP contribution is 2.29. The Balaban J connectivity index is 3.14. The molecule has 0 saturated heterocycles. The van der Waals surface area contributed by atoms with Gasteiger partial charge in [0, 0.05) is 0 Å². The highest BCUT2D eigenvalue weighted by Gasteiger charge is 2.30. The zero-order valence-corrected chi connectivity index (χ0v) is 7.60. The molecule has 0 radical (unpaired) electrons. The van der Waals surface area contributed by atoms with Crippen molar-refractivity contribution >= 4 is 14.5 Å². The number of aryl methyl sites for hydroxylation is 1. The topological polar surface area (TPSA) is 0 Å². The summed E-state index contributed by atoms with van der Waals surface area (Å²) >= 11 is 0. The van der Waals surface area contributed by atoms with E-state index in [4.69, 9.17) is 0 Å². The first-order chi connectivity index (χ1) is 5.41. The summed E-state index contributed by atoms with van der Waals surface area (Å²) in [6, 6.07) is 3.67. The number of hydrogen-bond donors (Lipinski definition) is 0. The van der Waals surface area contributed by atoms with Crippen molar-refractivity contribution in [2.24, 2.45) is 0 Å². The maximum absolute atomic E-state index is 12.1. The molecule has 1 aromatic rings. The summed E-state index contributed by atoms with van der Waals surface area (Å²) in [5.41, 5.74) is 0.0426. The quantitative estimate of drug-likeness (QED) is 0.554. The normalized spacial score (nSPS) is 11.8. The predicted octanol–water partition coefficient (Wildman–Crippen LogP) is 2.51. The van der Waals surface area contributed by atoms with Crippen molar-refractivity contribution in [2.45, 2.75) is 13.1 Å². The van der Waals surface area contributed by atoms with Crippen LogP contribution in [-0.4, -0.2) is 0 Å². The van der Waals surface area contributed by atoms with Gasteiger partial charge in [0.05, 0.1) is 5.56 Å². The Bertz CT molecular complexity index is 291. The second-order valence-electron chi connectivity index (χ2n) is 2.57. The molecular weight excluding hydrogens is 184 g/mol. The Hall–Kier alpha value is -0.560. The van der Waals surface area contributed by atoms with Crippen LogP contribution in [0.2, 0.25) is 0 Å². The lowest BCUT2D eigenvalue weighted by atomic mass is 10.1. The van der Waals surface area contributed by atoms with Gasteiger partial charge >= 0.3 is 6.18 Å². The Morgan fingerprint density at radius 2 is 1.83 bits per heavy atom. The molecule has 0 aliphatic carbocycles. The lowest BCUT2D eigenvalue weighted by molar-refractivity contribution is -0.137. The van der Waals surface area contributed by atoms with Gasteiger partial charge in [0.15, 0.2) is 0 Å². The van der Waals surface area contributed by atoms with E-state index < -0.39 is 11.7 Å². The molecule has 12 heavy (non-hydrogen) atoms. The lowest BCUT2D eigenvalue weighted by Crippen LogP contribution is -2.07. The molecule has 1 aromatic carbocycles. The summed E-state index contributed by atoms with van der Waals surface area (Å²) < 4.78 is 36.3. The molecule has 0 nitrogen and oxygen atoms in total. The van der Waals surface area contributed by atoms with Gasteiger partial charge in [0.25, 0.3) is 0 Å². The maximum atomic E-state index is 12.1. The van der Waals surface area contributed by atoms with E-state index in [1.54, 1.807) is 6.92 Å².